The second-order valence-corrected chi connectivity index (χ2v) is 5.64. The highest BCUT2D eigenvalue weighted by molar-refractivity contribution is 6.30. The highest BCUT2D eigenvalue weighted by atomic mass is 35.5. The van der Waals surface area contributed by atoms with E-state index in [1.54, 1.807) is 0 Å². The van der Waals surface area contributed by atoms with Gasteiger partial charge in [-0.1, -0.05) is 30.2 Å². The first-order chi connectivity index (χ1) is 9.26. The SMILES string of the molecule is NCC(c1ccc(Cl)cc1)N1CCCCC1CCO. The number of aliphatic hydroxyl groups is 1. The predicted octanol–water partition coefficient (Wildman–Crippen LogP) is 2.58. The minimum Gasteiger partial charge on any atom is -0.396 e. The van der Waals surface area contributed by atoms with Gasteiger partial charge in [0.25, 0.3) is 0 Å². The van der Waals surface area contributed by atoms with E-state index >= 15 is 0 Å². The van der Waals surface area contributed by atoms with E-state index in [0.717, 1.165) is 24.4 Å². The molecule has 1 fully saturated rings. The summed E-state index contributed by atoms with van der Waals surface area (Å²) >= 11 is 5.95. The van der Waals surface area contributed by atoms with Gasteiger partial charge in [-0.25, -0.2) is 0 Å². The lowest BCUT2D eigenvalue weighted by molar-refractivity contribution is 0.0782. The van der Waals surface area contributed by atoms with Gasteiger partial charge in [0.05, 0.1) is 0 Å². The van der Waals surface area contributed by atoms with Crippen LogP contribution in [0.1, 0.15) is 37.3 Å². The molecule has 1 aromatic rings. The maximum absolute atomic E-state index is 9.22. The van der Waals surface area contributed by atoms with Gasteiger partial charge in [-0.3, -0.25) is 4.90 Å². The molecule has 1 aliphatic rings. The number of aliphatic hydroxyl groups excluding tert-OH is 1. The molecule has 0 saturated carbocycles. The van der Waals surface area contributed by atoms with E-state index in [4.69, 9.17) is 17.3 Å². The number of hydrogen-bond acceptors (Lipinski definition) is 3. The Morgan fingerprint density at radius 2 is 2.05 bits per heavy atom. The molecule has 1 aromatic carbocycles. The topological polar surface area (TPSA) is 49.5 Å². The van der Waals surface area contributed by atoms with Crippen LogP contribution in [0.25, 0.3) is 0 Å². The monoisotopic (exact) mass is 282 g/mol. The van der Waals surface area contributed by atoms with Gasteiger partial charge in [-0.05, 0) is 43.5 Å². The zero-order chi connectivity index (χ0) is 13.7. The van der Waals surface area contributed by atoms with Crippen LogP contribution < -0.4 is 5.73 Å². The van der Waals surface area contributed by atoms with Crippen molar-refractivity contribution in [3.8, 4) is 0 Å². The highest BCUT2D eigenvalue weighted by Crippen LogP contribution is 2.30. The third kappa shape index (κ3) is 3.69. The van der Waals surface area contributed by atoms with Crippen LogP contribution >= 0.6 is 11.6 Å². The van der Waals surface area contributed by atoms with Gasteiger partial charge in [-0.2, -0.15) is 0 Å². The quantitative estimate of drug-likeness (QED) is 0.873. The lowest BCUT2D eigenvalue weighted by Crippen LogP contribution is -2.44. The summed E-state index contributed by atoms with van der Waals surface area (Å²) < 4.78 is 0. The molecule has 0 radical (unpaired) electrons. The van der Waals surface area contributed by atoms with Gasteiger partial charge in [0, 0.05) is 30.3 Å². The average molecular weight is 283 g/mol. The second-order valence-electron chi connectivity index (χ2n) is 5.20. The number of likely N-dealkylation sites (tertiary alicyclic amines) is 1. The van der Waals surface area contributed by atoms with E-state index in [0.29, 0.717) is 12.6 Å². The molecule has 1 heterocycles. The Labute approximate surface area is 120 Å². The van der Waals surface area contributed by atoms with Crippen molar-refractivity contribution in [3.63, 3.8) is 0 Å². The first kappa shape index (κ1) is 14.8. The summed E-state index contributed by atoms with van der Waals surface area (Å²) in [6.07, 6.45) is 4.46. The van der Waals surface area contributed by atoms with Crippen molar-refractivity contribution in [2.24, 2.45) is 5.73 Å². The fraction of sp³-hybridized carbons (Fsp3) is 0.600. The van der Waals surface area contributed by atoms with E-state index < -0.39 is 0 Å². The predicted molar refractivity (Wildman–Crippen MR) is 79.3 cm³/mol. The molecule has 0 amide bonds. The van der Waals surface area contributed by atoms with Gasteiger partial charge in [0.2, 0.25) is 0 Å². The van der Waals surface area contributed by atoms with Crippen LogP contribution in [-0.4, -0.2) is 35.7 Å². The summed E-state index contributed by atoms with van der Waals surface area (Å²) in [4.78, 5) is 2.46. The summed E-state index contributed by atoms with van der Waals surface area (Å²) in [5.74, 6) is 0. The molecule has 2 unspecified atom stereocenters. The first-order valence-corrected chi connectivity index (χ1v) is 7.46. The third-order valence-corrected chi connectivity index (χ3v) is 4.27. The van der Waals surface area contributed by atoms with Crippen LogP contribution in [0, 0.1) is 0 Å². The molecule has 3 nitrogen and oxygen atoms in total. The van der Waals surface area contributed by atoms with Crippen LogP contribution in [0.4, 0.5) is 0 Å². The largest absolute Gasteiger partial charge is 0.396 e. The number of nitrogens with zero attached hydrogens (tertiary/aromatic N) is 1. The maximum atomic E-state index is 9.22. The molecule has 0 spiro atoms. The summed E-state index contributed by atoms with van der Waals surface area (Å²) in [7, 11) is 0. The summed E-state index contributed by atoms with van der Waals surface area (Å²) in [6.45, 7) is 1.91. The Bertz CT molecular complexity index is 380. The van der Waals surface area contributed by atoms with Crippen LogP contribution in [0.5, 0.6) is 0 Å². The highest BCUT2D eigenvalue weighted by Gasteiger charge is 2.28. The van der Waals surface area contributed by atoms with Crippen molar-refractivity contribution in [1.29, 1.82) is 0 Å². The summed E-state index contributed by atoms with van der Waals surface area (Å²) in [6, 6.07) is 8.64. The Morgan fingerprint density at radius 1 is 1.32 bits per heavy atom. The van der Waals surface area contributed by atoms with Crippen LogP contribution in [0.3, 0.4) is 0 Å². The fourth-order valence-electron chi connectivity index (χ4n) is 3.04. The van der Waals surface area contributed by atoms with Gasteiger partial charge in [-0.15, -0.1) is 0 Å². The van der Waals surface area contributed by atoms with Crippen LogP contribution in [-0.2, 0) is 0 Å². The van der Waals surface area contributed by atoms with E-state index in [2.05, 4.69) is 17.0 Å². The summed E-state index contributed by atoms with van der Waals surface area (Å²) in [5.41, 5.74) is 7.21. The zero-order valence-corrected chi connectivity index (χ0v) is 12.0. The molecule has 1 saturated heterocycles. The van der Waals surface area contributed by atoms with Crippen LogP contribution in [0.15, 0.2) is 24.3 Å². The first-order valence-electron chi connectivity index (χ1n) is 7.08. The zero-order valence-electron chi connectivity index (χ0n) is 11.3. The number of halogens is 1. The van der Waals surface area contributed by atoms with Crippen molar-refractivity contribution < 1.29 is 5.11 Å². The van der Waals surface area contributed by atoms with Gasteiger partial charge < -0.3 is 10.8 Å². The standard InChI is InChI=1S/C15H23ClN2O/c16-13-6-4-12(5-7-13)15(11-17)18-9-2-1-3-14(18)8-10-19/h4-7,14-15,19H,1-3,8-11,17H2. The Morgan fingerprint density at radius 3 is 2.68 bits per heavy atom. The molecule has 0 aromatic heterocycles. The minimum absolute atomic E-state index is 0.231. The lowest BCUT2D eigenvalue weighted by Gasteiger charge is -2.41. The van der Waals surface area contributed by atoms with E-state index in [1.165, 1.54) is 18.4 Å². The van der Waals surface area contributed by atoms with Crippen molar-refractivity contribution in [2.75, 3.05) is 19.7 Å². The van der Waals surface area contributed by atoms with E-state index in [-0.39, 0.29) is 12.6 Å². The van der Waals surface area contributed by atoms with Crippen LogP contribution in [0.2, 0.25) is 5.02 Å². The minimum atomic E-state index is 0.231. The van der Waals surface area contributed by atoms with Crippen molar-refractivity contribution in [2.45, 2.75) is 37.8 Å². The molecule has 106 valence electrons. The van der Waals surface area contributed by atoms with Gasteiger partial charge in [0.15, 0.2) is 0 Å². The summed E-state index contributed by atoms with van der Waals surface area (Å²) in [5, 5.41) is 9.98. The molecule has 4 heteroatoms. The fourth-order valence-corrected chi connectivity index (χ4v) is 3.17. The lowest BCUT2D eigenvalue weighted by atomic mass is 9.94. The van der Waals surface area contributed by atoms with Crippen molar-refractivity contribution >= 4 is 11.6 Å². The molecule has 0 bridgehead atoms. The van der Waals surface area contributed by atoms with E-state index in [9.17, 15) is 5.11 Å². The average Bonchev–Trinajstić information content (AvgIpc) is 2.44. The number of nitrogens with two attached hydrogens (primary N) is 1. The number of rotatable bonds is 5. The Balaban J connectivity index is 2.16. The molecule has 19 heavy (non-hydrogen) atoms. The normalized spacial score (nSPS) is 22.4. The molecular formula is C15H23ClN2O. The smallest absolute Gasteiger partial charge is 0.0473 e. The number of piperidine rings is 1. The molecule has 1 aliphatic heterocycles. The van der Waals surface area contributed by atoms with E-state index in [1.807, 2.05) is 12.1 Å². The molecule has 2 atom stereocenters. The van der Waals surface area contributed by atoms with Crippen molar-refractivity contribution in [3.05, 3.63) is 34.9 Å². The van der Waals surface area contributed by atoms with Gasteiger partial charge in [0.1, 0.15) is 0 Å². The third-order valence-electron chi connectivity index (χ3n) is 4.01. The van der Waals surface area contributed by atoms with Gasteiger partial charge >= 0.3 is 0 Å². The Hall–Kier alpha value is -0.610. The molecular weight excluding hydrogens is 260 g/mol. The molecule has 0 aliphatic carbocycles. The number of benzene rings is 1. The Kier molecular flexibility index (Phi) is 5.64. The molecule has 2 rings (SSSR count). The maximum Gasteiger partial charge on any atom is 0.0473 e. The second kappa shape index (κ2) is 7.25. The van der Waals surface area contributed by atoms with Crippen molar-refractivity contribution in [1.82, 2.24) is 4.90 Å². The number of hydrogen-bond donors (Lipinski definition) is 2. The molecule has 3 N–H and O–H groups in total.